The molecule has 1 rings (SSSR count). The fourth-order valence-electron chi connectivity index (χ4n) is 2.58. The van der Waals surface area contributed by atoms with Gasteiger partial charge in [-0.3, -0.25) is 24.0 Å². The van der Waals surface area contributed by atoms with Crippen LogP contribution in [-0.4, -0.2) is 75.6 Å². The maximum absolute atomic E-state index is 12.6. The van der Waals surface area contributed by atoms with Gasteiger partial charge in [0.05, 0.1) is 25.4 Å². The van der Waals surface area contributed by atoms with Crippen LogP contribution in [0.2, 0.25) is 0 Å². The highest BCUT2D eigenvalue weighted by molar-refractivity contribution is 5.94. The summed E-state index contributed by atoms with van der Waals surface area (Å²) in [6, 6.07) is 1.39. The van der Waals surface area contributed by atoms with Crippen molar-refractivity contribution >= 4 is 35.6 Å². The Balaban J connectivity index is 2.85. The molecule has 0 aromatic heterocycles. The van der Waals surface area contributed by atoms with Crippen molar-refractivity contribution in [3.63, 3.8) is 0 Å². The van der Waals surface area contributed by atoms with Crippen LogP contribution in [0.5, 0.6) is 5.75 Å². The van der Waals surface area contributed by atoms with Gasteiger partial charge in [-0.1, -0.05) is 12.1 Å². The molecule has 0 saturated heterocycles. The van der Waals surface area contributed by atoms with Crippen molar-refractivity contribution in [3.8, 4) is 5.75 Å². The standard InChI is InChI=1S/C19H25N5O9/c20-11(6-14(21)26)17(30)24-12(5-9-1-3-10(25)4-2-9)18(31)22-8-15(27)23-13(19(32)33)7-16(28)29/h1-4,11-13,25H,5-8,20H2,(H2,21,26)(H,22,31)(H,23,27)(H,24,30)(H,28,29)(H,32,33). The molecule has 0 saturated carbocycles. The summed E-state index contributed by atoms with van der Waals surface area (Å²) in [6.45, 7) is -0.711. The third-order valence-corrected chi connectivity index (χ3v) is 4.20. The number of hydrogen-bond donors (Lipinski definition) is 8. The predicted molar refractivity (Wildman–Crippen MR) is 110 cm³/mol. The highest BCUT2D eigenvalue weighted by Crippen LogP contribution is 2.11. The number of primary amides is 1. The zero-order valence-electron chi connectivity index (χ0n) is 17.3. The molecule has 3 unspecified atom stereocenters. The van der Waals surface area contributed by atoms with Crippen LogP contribution in [0.15, 0.2) is 24.3 Å². The minimum absolute atomic E-state index is 0.0294. The summed E-state index contributed by atoms with van der Waals surface area (Å²) in [5, 5.41) is 33.5. The van der Waals surface area contributed by atoms with Crippen molar-refractivity contribution in [2.75, 3.05) is 6.54 Å². The third kappa shape index (κ3) is 10.1. The Morgan fingerprint density at radius 1 is 0.879 bits per heavy atom. The van der Waals surface area contributed by atoms with E-state index < -0.39 is 73.1 Å². The zero-order chi connectivity index (χ0) is 25.1. The Morgan fingerprint density at radius 3 is 2.00 bits per heavy atom. The van der Waals surface area contributed by atoms with Crippen LogP contribution in [0.25, 0.3) is 0 Å². The summed E-state index contributed by atoms with van der Waals surface area (Å²) in [5.41, 5.74) is 11.1. The van der Waals surface area contributed by atoms with E-state index in [1.807, 2.05) is 5.32 Å². The maximum Gasteiger partial charge on any atom is 0.326 e. The molecule has 0 spiro atoms. The van der Waals surface area contributed by atoms with Crippen molar-refractivity contribution in [2.24, 2.45) is 11.5 Å². The van der Waals surface area contributed by atoms with Crippen molar-refractivity contribution < 1.29 is 44.1 Å². The van der Waals surface area contributed by atoms with E-state index in [1.165, 1.54) is 24.3 Å². The van der Waals surface area contributed by atoms with Crippen molar-refractivity contribution in [3.05, 3.63) is 29.8 Å². The number of phenolic OH excluding ortho intramolecular Hbond substituents is 1. The molecule has 1 aromatic rings. The molecule has 0 bridgehead atoms. The molecule has 0 radical (unpaired) electrons. The Morgan fingerprint density at radius 2 is 1.48 bits per heavy atom. The molecule has 4 amide bonds. The van der Waals surface area contributed by atoms with Crippen molar-refractivity contribution in [1.82, 2.24) is 16.0 Å². The number of carbonyl (C=O) groups is 6. The number of carboxylic acids is 2. The lowest BCUT2D eigenvalue weighted by molar-refractivity contribution is -0.147. The average Bonchev–Trinajstić information content (AvgIpc) is 2.71. The van der Waals surface area contributed by atoms with Gasteiger partial charge in [0.1, 0.15) is 17.8 Å². The molecule has 0 aliphatic carbocycles. The number of benzene rings is 1. The van der Waals surface area contributed by atoms with E-state index >= 15 is 0 Å². The van der Waals surface area contributed by atoms with Crippen molar-refractivity contribution in [2.45, 2.75) is 37.4 Å². The molecule has 3 atom stereocenters. The van der Waals surface area contributed by atoms with Crippen LogP contribution < -0.4 is 27.4 Å². The number of amides is 4. The summed E-state index contributed by atoms with van der Waals surface area (Å²) in [7, 11) is 0. The minimum atomic E-state index is -1.70. The molecule has 10 N–H and O–H groups in total. The smallest absolute Gasteiger partial charge is 0.326 e. The van der Waals surface area contributed by atoms with E-state index in [0.717, 1.165) is 0 Å². The number of nitrogens with one attached hydrogen (secondary N) is 3. The maximum atomic E-state index is 12.6. The molecule has 0 fully saturated rings. The Hall–Kier alpha value is -4.20. The largest absolute Gasteiger partial charge is 0.508 e. The summed E-state index contributed by atoms with van der Waals surface area (Å²) in [4.78, 5) is 69.5. The molecule has 14 nitrogen and oxygen atoms in total. The number of hydrogen-bond acceptors (Lipinski definition) is 8. The number of phenols is 1. The van der Waals surface area contributed by atoms with Gasteiger partial charge in [-0.05, 0) is 17.7 Å². The number of rotatable bonds is 13. The molecule has 0 aliphatic heterocycles. The van der Waals surface area contributed by atoms with Gasteiger partial charge in [0, 0.05) is 6.42 Å². The quantitative estimate of drug-likeness (QED) is 0.144. The van der Waals surface area contributed by atoms with Gasteiger partial charge in [-0.2, -0.15) is 0 Å². The van der Waals surface area contributed by atoms with E-state index in [9.17, 15) is 33.9 Å². The lowest BCUT2D eigenvalue weighted by atomic mass is 10.0. The van der Waals surface area contributed by atoms with Crippen LogP contribution in [0.4, 0.5) is 0 Å². The lowest BCUT2D eigenvalue weighted by Gasteiger charge is -2.21. The number of carboxylic acid groups (broad SMARTS) is 2. The summed E-state index contributed by atoms with van der Waals surface area (Å²) < 4.78 is 0. The van der Waals surface area contributed by atoms with E-state index in [2.05, 4.69) is 10.6 Å². The number of carbonyl (C=O) groups excluding carboxylic acids is 4. The molecule has 1 aromatic carbocycles. The highest BCUT2D eigenvalue weighted by atomic mass is 16.4. The van der Waals surface area contributed by atoms with Crippen LogP contribution in [0.3, 0.4) is 0 Å². The molecule has 33 heavy (non-hydrogen) atoms. The van der Waals surface area contributed by atoms with Crippen LogP contribution in [0, 0.1) is 0 Å². The number of nitrogens with two attached hydrogens (primary N) is 2. The first-order valence-electron chi connectivity index (χ1n) is 9.52. The van der Waals surface area contributed by atoms with Crippen LogP contribution >= 0.6 is 0 Å². The first-order chi connectivity index (χ1) is 15.4. The number of aliphatic carboxylic acids is 2. The summed E-state index contributed by atoms with van der Waals surface area (Å²) in [5.74, 6) is -6.56. The van der Waals surface area contributed by atoms with Gasteiger partial charge >= 0.3 is 11.9 Å². The van der Waals surface area contributed by atoms with E-state index in [1.54, 1.807) is 0 Å². The molecule has 0 heterocycles. The second kappa shape index (κ2) is 12.6. The predicted octanol–water partition coefficient (Wildman–Crippen LogP) is -3.22. The minimum Gasteiger partial charge on any atom is -0.508 e. The second-order valence-corrected chi connectivity index (χ2v) is 6.98. The van der Waals surface area contributed by atoms with Crippen LogP contribution in [-0.2, 0) is 35.2 Å². The van der Waals surface area contributed by atoms with E-state index in [4.69, 9.17) is 21.7 Å². The van der Waals surface area contributed by atoms with Gasteiger partial charge in [-0.25, -0.2) is 4.79 Å². The SMILES string of the molecule is NC(=O)CC(N)C(=O)NC(Cc1ccc(O)cc1)C(=O)NCC(=O)NC(CC(=O)O)C(=O)O. The van der Waals surface area contributed by atoms with Gasteiger partial charge in [-0.15, -0.1) is 0 Å². The molecule has 180 valence electrons. The van der Waals surface area contributed by atoms with E-state index in [-0.39, 0.29) is 12.2 Å². The fourth-order valence-corrected chi connectivity index (χ4v) is 2.58. The molecule has 14 heteroatoms. The zero-order valence-corrected chi connectivity index (χ0v) is 17.3. The van der Waals surface area contributed by atoms with Gasteiger partial charge in [0.15, 0.2) is 0 Å². The third-order valence-electron chi connectivity index (χ3n) is 4.20. The topological polar surface area (TPSA) is 251 Å². The fraction of sp³-hybridized carbons (Fsp3) is 0.368. The molecular formula is C19H25N5O9. The molecule has 0 aliphatic rings. The first kappa shape index (κ1) is 26.8. The average molecular weight is 467 g/mol. The van der Waals surface area contributed by atoms with Gasteiger partial charge in [0.2, 0.25) is 23.6 Å². The normalized spacial score (nSPS) is 13.1. The summed E-state index contributed by atoms with van der Waals surface area (Å²) >= 11 is 0. The van der Waals surface area contributed by atoms with Gasteiger partial charge in [0.25, 0.3) is 0 Å². The Kier molecular flexibility index (Phi) is 10.3. The van der Waals surface area contributed by atoms with Gasteiger partial charge < -0.3 is 42.7 Å². The molecular weight excluding hydrogens is 442 g/mol. The second-order valence-electron chi connectivity index (χ2n) is 6.98. The lowest BCUT2D eigenvalue weighted by Crippen LogP contribution is -2.54. The monoisotopic (exact) mass is 467 g/mol. The Labute approximate surface area is 187 Å². The van der Waals surface area contributed by atoms with Crippen molar-refractivity contribution in [1.29, 1.82) is 0 Å². The first-order valence-corrected chi connectivity index (χ1v) is 9.52. The number of aromatic hydroxyl groups is 1. The summed E-state index contributed by atoms with van der Waals surface area (Å²) in [6.07, 6.45) is -1.42. The van der Waals surface area contributed by atoms with E-state index in [0.29, 0.717) is 5.56 Å². The Bertz CT molecular complexity index is 903. The van der Waals surface area contributed by atoms with Crippen LogP contribution in [0.1, 0.15) is 18.4 Å². The highest BCUT2D eigenvalue weighted by Gasteiger charge is 2.27.